The number of para-hydroxylation sites is 2. The van der Waals surface area contributed by atoms with Crippen molar-refractivity contribution in [3.05, 3.63) is 65.3 Å². The molecule has 2 aromatic carbocycles. The van der Waals surface area contributed by atoms with Crippen LogP contribution in [-0.2, 0) is 0 Å². The van der Waals surface area contributed by atoms with E-state index >= 15 is 0 Å². The molecular formula is C19H20ClNO4. The lowest BCUT2D eigenvalue weighted by Crippen LogP contribution is -2.31. The van der Waals surface area contributed by atoms with Crippen LogP contribution in [0.5, 0.6) is 5.75 Å². The first-order chi connectivity index (χ1) is 11.7. The Labute approximate surface area is 151 Å². The second-order valence-electron chi connectivity index (χ2n) is 5.47. The number of ether oxygens (including phenoxy) is 1. The zero-order valence-corrected chi connectivity index (χ0v) is 14.4. The number of aliphatic hydroxyl groups is 1. The summed E-state index contributed by atoms with van der Waals surface area (Å²) < 4.78 is 11.5. The van der Waals surface area contributed by atoms with E-state index in [-0.39, 0.29) is 24.4 Å². The van der Waals surface area contributed by atoms with E-state index in [1.165, 1.54) is 0 Å². The molecule has 0 fully saturated rings. The smallest absolute Gasteiger partial charge is 0.200 e. The Morgan fingerprint density at radius 1 is 1.20 bits per heavy atom. The molecule has 0 bridgehead atoms. The van der Waals surface area contributed by atoms with Crippen molar-refractivity contribution in [3.63, 3.8) is 0 Å². The Balaban J connectivity index is 0.00000225. The number of benzene rings is 2. The summed E-state index contributed by atoms with van der Waals surface area (Å²) in [6, 6.07) is 12.3. The monoisotopic (exact) mass is 361 g/mol. The Morgan fingerprint density at radius 2 is 1.96 bits per heavy atom. The maximum Gasteiger partial charge on any atom is 0.200 e. The standard InChI is InChI=1S/C19H19NO4.ClH/c1-2-10-20-11-13(21)12-23-17-9-5-7-15-18(22)14-6-3-4-8-16(14)24-19(15)17;/h2-9,13,20-21H,1,10-12H2;1H. The molecule has 0 saturated heterocycles. The van der Waals surface area contributed by atoms with Gasteiger partial charge in [-0.15, -0.1) is 19.0 Å². The van der Waals surface area contributed by atoms with Gasteiger partial charge in [0.15, 0.2) is 11.3 Å². The van der Waals surface area contributed by atoms with Gasteiger partial charge in [-0.1, -0.05) is 24.3 Å². The third kappa shape index (κ3) is 4.20. The number of aliphatic hydroxyl groups excluding tert-OH is 1. The first kappa shape index (κ1) is 19.0. The summed E-state index contributed by atoms with van der Waals surface area (Å²) in [6.45, 7) is 4.71. The zero-order chi connectivity index (χ0) is 16.9. The molecule has 0 aliphatic heterocycles. The molecule has 3 rings (SSSR count). The summed E-state index contributed by atoms with van der Waals surface area (Å²) in [6.07, 6.45) is 1.05. The van der Waals surface area contributed by atoms with E-state index in [9.17, 15) is 9.90 Å². The molecule has 5 nitrogen and oxygen atoms in total. The van der Waals surface area contributed by atoms with E-state index in [2.05, 4.69) is 11.9 Å². The quantitative estimate of drug-likeness (QED) is 0.384. The highest BCUT2D eigenvalue weighted by molar-refractivity contribution is 5.92. The number of hydrogen-bond acceptors (Lipinski definition) is 5. The summed E-state index contributed by atoms with van der Waals surface area (Å²) in [4.78, 5) is 12.6. The van der Waals surface area contributed by atoms with Gasteiger partial charge in [0.2, 0.25) is 5.43 Å². The van der Waals surface area contributed by atoms with Crippen molar-refractivity contribution in [1.29, 1.82) is 0 Å². The Hall–Kier alpha value is -2.34. The van der Waals surface area contributed by atoms with Crippen LogP contribution in [0.25, 0.3) is 21.9 Å². The maximum atomic E-state index is 12.6. The van der Waals surface area contributed by atoms with Gasteiger partial charge in [-0.2, -0.15) is 0 Å². The van der Waals surface area contributed by atoms with Crippen LogP contribution in [0, 0.1) is 0 Å². The zero-order valence-electron chi connectivity index (χ0n) is 13.6. The molecule has 0 aliphatic rings. The predicted octanol–water partition coefficient (Wildman–Crippen LogP) is 2.88. The van der Waals surface area contributed by atoms with Crippen LogP contribution >= 0.6 is 12.4 Å². The molecule has 132 valence electrons. The first-order valence-corrected chi connectivity index (χ1v) is 7.77. The van der Waals surface area contributed by atoms with Crippen molar-refractivity contribution in [1.82, 2.24) is 5.32 Å². The molecule has 1 unspecified atom stereocenters. The summed E-state index contributed by atoms with van der Waals surface area (Å²) in [5.41, 5.74) is 0.817. The Morgan fingerprint density at radius 3 is 2.76 bits per heavy atom. The molecule has 1 aromatic heterocycles. The number of nitrogens with one attached hydrogen (secondary N) is 1. The molecule has 2 N–H and O–H groups in total. The minimum Gasteiger partial charge on any atom is -0.487 e. The van der Waals surface area contributed by atoms with Crippen molar-refractivity contribution in [2.75, 3.05) is 19.7 Å². The van der Waals surface area contributed by atoms with Crippen molar-refractivity contribution in [2.45, 2.75) is 6.10 Å². The van der Waals surface area contributed by atoms with E-state index < -0.39 is 6.10 Å². The highest BCUT2D eigenvalue weighted by Gasteiger charge is 2.13. The van der Waals surface area contributed by atoms with E-state index in [1.54, 1.807) is 42.5 Å². The summed E-state index contributed by atoms with van der Waals surface area (Å²) in [5, 5.41) is 13.9. The average molecular weight is 362 g/mol. The Kier molecular flexibility index (Phi) is 6.58. The SMILES string of the molecule is C=CCNCC(O)COc1cccc2c(=O)c3ccccc3oc12.Cl. The van der Waals surface area contributed by atoms with Gasteiger partial charge in [0, 0.05) is 13.1 Å². The van der Waals surface area contributed by atoms with Crippen LogP contribution in [-0.4, -0.2) is 30.9 Å². The van der Waals surface area contributed by atoms with E-state index in [0.29, 0.717) is 40.8 Å². The van der Waals surface area contributed by atoms with E-state index in [4.69, 9.17) is 9.15 Å². The molecule has 3 aromatic rings. The molecule has 6 heteroatoms. The van der Waals surface area contributed by atoms with Gasteiger partial charge < -0.3 is 19.6 Å². The van der Waals surface area contributed by atoms with Crippen molar-refractivity contribution < 1.29 is 14.3 Å². The molecule has 0 radical (unpaired) electrons. The van der Waals surface area contributed by atoms with Crippen LogP contribution in [0.1, 0.15) is 0 Å². The predicted molar refractivity (Wildman–Crippen MR) is 102 cm³/mol. The number of hydrogen-bond donors (Lipinski definition) is 2. The lowest BCUT2D eigenvalue weighted by atomic mass is 10.1. The van der Waals surface area contributed by atoms with Crippen molar-refractivity contribution >= 4 is 34.3 Å². The van der Waals surface area contributed by atoms with Crippen LogP contribution in [0.4, 0.5) is 0 Å². The van der Waals surface area contributed by atoms with Gasteiger partial charge in [-0.25, -0.2) is 0 Å². The van der Waals surface area contributed by atoms with Gasteiger partial charge in [-0.3, -0.25) is 4.79 Å². The fourth-order valence-corrected chi connectivity index (χ4v) is 2.51. The van der Waals surface area contributed by atoms with Crippen LogP contribution in [0.15, 0.2) is 64.3 Å². The highest BCUT2D eigenvalue weighted by atomic mass is 35.5. The maximum absolute atomic E-state index is 12.6. The molecule has 25 heavy (non-hydrogen) atoms. The summed E-state index contributed by atoms with van der Waals surface area (Å²) >= 11 is 0. The fraction of sp³-hybridized carbons (Fsp3) is 0.211. The number of rotatable bonds is 7. The van der Waals surface area contributed by atoms with Gasteiger partial charge >= 0.3 is 0 Å². The molecule has 0 amide bonds. The molecule has 1 atom stereocenters. The normalized spacial score (nSPS) is 11.9. The molecular weight excluding hydrogens is 342 g/mol. The first-order valence-electron chi connectivity index (χ1n) is 7.77. The van der Waals surface area contributed by atoms with Gasteiger partial charge in [0.05, 0.1) is 10.8 Å². The van der Waals surface area contributed by atoms with Crippen molar-refractivity contribution in [3.8, 4) is 5.75 Å². The van der Waals surface area contributed by atoms with Crippen molar-refractivity contribution in [2.24, 2.45) is 0 Å². The third-order valence-electron chi connectivity index (χ3n) is 3.67. The lowest BCUT2D eigenvalue weighted by Gasteiger charge is -2.13. The van der Waals surface area contributed by atoms with Crippen LogP contribution in [0.2, 0.25) is 0 Å². The van der Waals surface area contributed by atoms with E-state index in [0.717, 1.165) is 0 Å². The third-order valence-corrected chi connectivity index (χ3v) is 3.67. The van der Waals surface area contributed by atoms with Gasteiger partial charge in [-0.05, 0) is 24.3 Å². The van der Waals surface area contributed by atoms with E-state index in [1.807, 2.05) is 6.07 Å². The number of fused-ring (bicyclic) bond motifs is 2. The topological polar surface area (TPSA) is 71.7 Å². The number of halogens is 1. The van der Waals surface area contributed by atoms with Gasteiger partial charge in [0.1, 0.15) is 18.3 Å². The van der Waals surface area contributed by atoms with Crippen LogP contribution in [0.3, 0.4) is 0 Å². The molecule has 0 saturated carbocycles. The summed E-state index contributed by atoms with van der Waals surface area (Å²) in [7, 11) is 0. The summed E-state index contributed by atoms with van der Waals surface area (Å²) in [5.74, 6) is 0.443. The highest BCUT2D eigenvalue weighted by Crippen LogP contribution is 2.27. The largest absolute Gasteiger partial charge is 0.487 e. The second kappa shape index (κ2) is 8.67. The lowest BCUT2D eigenvalue weighted by molar-refractivity contribution is 0.107. The Bertz CT molecular complexity index is 922. The minimum atomic E-state index is -0.674. The fourth-order valence-electron chi connectivity index (χ4n) is 2.51. The van der Waals surface area contributed by atoms with Gasteiger partial charge in [0.25, 0.3) is 0 Å². The molecule has 0 spiro atoms. The van der Waals surface area contributed by atoms with Crippen LogP contribution < -0.4 is 15.5 Å². The second-order valence-corrected chi connectivity index (χ2v) is 5.47. The average Bonchev–Trinajstić information content (AvgIpc) is 2.60. The molecule has 0 aliphatic carbocycles. The minimum absolute atomic E-state index is 0. The molecule has 1 heterocycles.